The van der Waals surface area contributed by atoms with Crippen molar-refractivity contribution in [3.63, 3.8) is 0 Å². The van der Waals surface area contributed by atoms with Gasteiger partial charge in [-0.15, -0.1) is 0 Å². The van der Waals surface area contributed by atoms with Crippen LogP contribution in [0.3, 0.4) is 0 Å². The van der Waals surface area contributed by atoms with E-state index >= 15 is 0 Å². The lowest BCUT2D eigenvalue weighted by Crippen LogP contribution is -2.12. The van der Waals surface area contributed by atoms with E-state index in [1.165, 1.54) is 0 Å². The summed E-state index contributed by atoms with van der Waals surface area (Å²) >= 11 is 17.8. The third kappa shape index (κ3) is 3.91. The number of alkyl halides is 3. The average Bonchev–Trinajstić information content (AvgIpc) is 2.37. The molecule has 0 atom stereocenters. The molecule has 2 rings (SSSR count). The minimum atomic E-state index is -1.29. The molecule has 0 spiro atoms. The normalized spacial score (nSPS) is 11.8. The van der Waals surface area contributed by atoms with Crippen LogP contribution in [0.25, 0.3) is 0 Å². The fraction of sp³-hybridized carbons (Fsp3) is 0.133. The first-order chi connectivity index (χ1) is 8.56. The molecular weight excluding hydrogens is 287 g/mol. The van der Waals surface area contributed by atoms with E-state index in [1.54, 1.807) is 0 Å². The van der Waals surface area contributed by atoms with Crippen LogP contribution in [0.1, 0.15) is 17.5 Å². The Morgan fingerprint density at radius 2 is 1.11 bits per heavy atom. The molecule has 0 saturated heterocycles. The fourth-order valence-corrected chi connectivity index (χ4v) is 2.25. The van der Waals surface area contributed by atoms with Gasteiger partial charge in [0.2, 0.25) is 0 Å². The number of hydrogen-bond acceptors (Lipinski definition) is 0. The van der Waals surface area contributed by atoms with E-state index in [2.05, 4.69) is 0 Å². The van der Waals surface area contributed by atoms with Gasteiger partial charge in [0.15, 0.2) is 3.79 Å². The lowest BCUT2D eigenvalue weighted by Gasteiger charge is -2.21. The van der Waals surface area contributed by atoms with Gasteiger partial charge >= 0.3 is 0 Å². The molecule has 0 unspecified atom stereocenters. The molecule has 3 heteroatoms. The zero-order chi connectivity index (χ0) is 13.0. The van der Waals surface area contributed by atoms with Crippen LogP contribution in [-0.2, 0) is 0 Å². The Morgan fingerprint density at radius 3 is 1.44 bits per heavy atom. The lowest BCUT2D eigenvalue weighted by atomic mass is 9.89. The highest BCUT2D eigenvalue weighted by Gasteiger charge is 2.27. The third-order valence-corrected chi connectivity index (χ3v) is 3.02. The van der Waals surface area contributed by atoms with E-state index in [4.69, 9.17) is 34.8 Å². The van der Waals surface area contributed by atoms with Crippen LogP contribution in [0, 0.1) is 5.92 Å². The van der Waals surface area contributed by atoms with E-state index in [1.807, 2.05) is 60.7 Å². The number of halogens is 3. The highest BCUT2D eigenvalue weighted by atomic mass is 35.6. The molecule has 0 amide bonds. The van der Waals surface area contributed by atoms with E-state index in [-0.39, 0.29) is 0 Å². The molecule has 2 aromatic rings. The van der Waals surface area contributed by atoms with Gasteiger partial charge in [-0.2, -0.15) is 0 Å². The molecule has 0 N–H and O–H groups in total. The second-order valence-electron chi connectivity index (χ2n) is 4.00. The van der Waals surface area contributed by atoms with Crippen molar-refractivity contribution in [2.75, 3.05) is 0 Å². The fourth-order valence-electron chi connectivity index (χ4n) is 1.85. The van der Waals surface area contributed by atoms with Gasteiger partial charge in [0.25, 0.3) is 0 Å². The van der Waals surface area contributed by atoms with Gasteiger partial charge in [-0.3, -0.25) is 0 Å². The summed E-state index contributed by atoms with van der Waals surface area (Å²) in [7, 11) is 0. The Balaban J connectivity index is 2.36. The standard InChI is InChI=1S/C15H12Cl3/c16-15(17,18)11-14(12-7-3-1-4-8-12)13-9-5-2-6-10-13/h1-10H,11H2. The van der Waals surface area contributed by atoms with Crippen molar-refractivity contribution in [1.29, 1.82) is 0 Å². The average molecular weight is 299 g/mol. The highest BCUT2D eigenvalue weighted by molar-refractivity contribution is 6.67. The summed E-state index contributed by atoms with van der Waals surface area (Å²) in [5.41, 5.74) is 2.16. The van der Waals surface area contributed by atoms with E-state index in [9.17, 15) is 0 Å². The predicted molar refractivity (Wildman–Crippen MR) is 79.2 cm³/mol. The Labute approximate surface area is 122 Å². The first-order valence-electron chi connectivity index (χ1n) is 5.60. The molecule has 2 aromatic carbocycles. The molecule has 0 nitrogen and oxygen atoms in total. The summed E-state index contributed by atoms with van der Waals surface area (Å²) < 4.78 is -1.29. The molecule has 18 heavy (non-hydrogen) atoms. The summed E-state index contributed by atoms with van der Waals surface area (Å²) in [6.07, 6.45) is 0.381. The van der Waals surface area contributed by atoms with E-state index in [0.29, 0.717) is 6.42 Å². The van der Waals surface area contributed by atoms with E-state index in [0.717, 1.165) is 17.0 Å². The van der Waals surface area contributed by atoms with Crippen LogP contribution in [0.4, 0.5) is 0 Å². The molecule has 93 valence electrons. The summed E-state index contributed by atoms with van der Waals surface area (Å²) in [6, 6.07) is 20.0. The van der Waals surface area contributed by atoms with Crippen LogP contribution in [0.5, 0.6) is 0 Å². The summed E-state index contributed by atoms with van der Waals surface area (Å²) in [4.78, 5) is 0. The molecule has 0 aliphatic heterocycles. The topological polar surface area (TPSA) is 0 Å². The van der Waals surface area contributed by atoms with Gasteiger partial charge in [-0.1, -0.05) is 95.5 Å². The van der Waals surface area contributed by atoms with Crippen molar-refractivity contribution in [3.05, 3.63) is 77.7 Å². The Kier molecular flexibility index (Phi) is 4.55. The van der Waals surface area contributed by atoms with Gasteiger partial charge < -0.3 is 0 Å². The van der Waals surface area contributed by atoms with Gasteiger partial charge in [0.1, 0.15) is 0 Å². The minimum absolute atomic E-state index is 0.381. The third-order valence-electron chi connectivity index (χ3n) is 2.62. The second kappa shape index (κ2) is 5.97. The summed E-state index contributed by atoms with van der Waals surface area (Å²) in [5.74, 6) is 1.04. The molecular formula is C15H12Cl3. The monoisotopic (exact) mass is 297 g/mol. The first-order valence-corrected chi connectivity index (χ1v) is 6.73. The molecule has 0 bridgehead atoms. The maximum absolute atomic E-state index is 5.94. The quantitative estimate of drug-likeness (QED) is 0.664. The van der Waals surface area contributed by atoms with Gasteiger partial charge in [0.05, 0.1) is 0 Å². The highest BCUT2D eigenvalue weighted by Crippen LogP contribution is 2.39. The van der Waals surface area contributed by atoms with Crippen molar-refractivity contribution in [3.8, 4) is 0 Å². The van der Waals surface area contributed by atoms with Crippen molar-refractivity contribution in [2.45, 2.75) is 10.2 Å². The van der Waals surface area contributed by atoms with Gasteiger partial charge in [-0.05, 0) is 11.1 Å². The summed E-state index contributed by atoms with van der Waals surface area (Å²) in [6.45, 7) is 0. The van der Waals surface area contributed by atoms with Gasteiger partial charge in [-0.25, -0.2) is 0 Å². The Hall–Kier alpha value is -0.690. The second-order valence-corrected chi connectivity index (χ2v) is 6.52. The summed E-state index contributed by atoms with van der Waals surface area (Å²) in [5, 5.41) is 0. The van der Waals surface area contributed by atoms with Crippen molar-refractivity contribution in [2.24, 2.45) is 0 Å². The number of benzene rings is 2. The Morgan fingerprint density at radius 1 is 0.722 bits per heavy atom. The molecule has 0 aliphatic carbocycles. The maximum atomic E-state index is 5.94. The van der Waals surface area contributed by atoms with Crippen LogP contribution in [0.15, 0.2) is 60.7 Å². The van der Waals surface area contributed by atoms with Gasteiger partial charge in [0, 0.05) is 12.3 Å². The molecule has 0 fully saturated rings. The lowest BCUT2D eigenvalue weighted by molar-refractivity contribution is 0.914. The predicted octanol–water partition coefficient (Wildman–Crippen LogP) is 5.42. The Bertz CT molecular complexity index is 435. The SMILES string of the molecule is ClC(Cl)(Cl)C[C](c1ccccc1)c1ccccc1. The van der Waals surface area contributed by atoms with Crippen LogP contribution in [0.2, 0.25) is 0 Å². The van der Waals surface area contributed by atoms with Crippen LogP contribution in [-0.4, -0.2) is 3.79 Å². The maximum Gasteiger partial charge on any atom is 0.191 e. The van der Waals surface area contributed by atoms with Crippen LogP contribution >= 0.6 is 34.8 Å². The molecule has 1 radical (unpaired) electrons. The molecule has 0 saturated carbocycles. The van der Waals surface area contributed by atoms with Crippen LogP contribution < -0.4 is 0 Å². The molecule has 0 aromatic heterocycles. The molecule has 0 aliphatic rings. The van der Waals surface area contributed by atoms with E-state index < -0.39 is 3.79 Å². The number of hydrogen-bond donors (Lipinski definition) is 0. The number of rotatable bonds is 3. The smallest absolute Gasteiger partial charge is 0.0836 e. The zero-order valence-electron chi connectivity index (χ0n) is 9.61. The first kappa shape index (κ1) is 13.7. The largest absolute Gasteiger partial charge is 0.191 e. The van der Waals surface area contributed by atoms with Crippen molar-refractivity contribution < 1.29 is 0 Å². The van der Waals surface area contributed by atoms with Crippen molar-refractivity contribution in [1.82, 2.24) is 0 Å². The minimum Gasteiger partial charge on any atom is -0.0836 e. The zero-order valence-corrected chi connectivity index (χ0v) is 11.9. The van der Waals surface area contributed by atoms with Crippen molar-refractivity contribution >= 4 is 34.8 Å². The molecule has 0 heterocycles.